The molecule has 2 N–H and O–H groups in total. The fraction of sp³-hybridized carbons (Fsp3) is 0.400. The standard InChI is InChI=1S/C10H11Cl2NO/c11-8-2-1-6(3-9(8)12)10(14)7-4-13-5-7/h1-3,7,10,13-14H,4-5H2/t10-/m1/s1. The van der Waals surface area contributed by atoms with Gasteiger partial charge in [-0.25, -0.2) is 0 Å². The van der Waals surface area contributed by atoms with Gasteiger partial charge in [0.15, 0.2) is 0 Å². The predicted molar refractivity (Wildman–Crippen MR) is 57.8 cm³/mol. The van der Waals surface area contributed by atoms with Crippen LogP contribution < -0.4 is 5.32 Å². The quantitative estimate of drug-likeness (QED) is 0.819. The summed E-state index contributed by atoms with van der Waals surface area (Å²) in [5.41, 5.74) is 0.839. The molecular weight excluding hydrogens is 221 g/mol. The Morgan fingerprint density at radius 2 is 2.00 bits per heavy atom. The minimum Gasteiger partial charge on any atom is -0.388 e. The number of nitrogens with one attached hydrogen (secondary N) is 1. The molecule has 0 aliphatic carbocycles. The molecule has 2 nitrogen and oxygen atoms in total. The Balaban J connectivity index is 2.18. The van der Waals surface area contributed by atoms with E-state index in [9.17, 15) is 5.11 Å². The van der Waals surface area contributed by atoms with E-state index in [1.165, 1.54) is 0 Å². The molecule has 0 aromatic heterocycles. The average Bonchev–Trinajstić information content (AvgIpc) is 2.06. The molecule has 1 aliphatic heterocycles. The minimum absolute atomic E-state index is 0.298. The summed E-state index contributed by atoms with van der Waals surface area (Å²) < 4.78 is 0. The first-order valence-electron chi connectivity index (χ1n) is 4.52. The highest BCUT2D eigenvalue weighted by molar-refractivity contribution is 6.42. The van der Waals surface area contributed by atoms with Gasteiger partial charge in [0, 0.05) is 19.0 Å². The molecule has 1 aliphatic rings. The number of halogens is 2. The molecule has 4 heteroatoms. The number of rotatable bonds is 2. The summed E-state index contributed by atoms with van der Waals surface area (Å²) in [4.78, 5) is 0. The van der Waals surface area contributed by atoms with Gasteiger partial charge in [-0.05, 0) is 17.7 Å². The molecule has 1 aromatic rings. The Morgan fingerprint density at radius 3 is 2.50 bits per heavy atom. The van der Waals surface area contributed by atoms with Crippen molar-refractivity contribution < 1.29 is 5.11 Å². The largest absolute Gasteiger partial charge is 0.388 e. The van der Waals surface area contributed by atoms with Crippen LogP contribution >= 0.6 is 23.2 Å². The maximum atomic E-state index is 9.91. The highest BCUT2D eigenvalue weighted by atomic mass is 35.5. The Hall–Kier alpha value is -0.280. The van der Waals surface area contributed by atoms with Crippen LogP contribution in [-0.2, 0) is 0 Å². The summed E-state index contributed by atoms with van der Waals surface area (Å²) >= 11 is 11.7. The molecule has 1 heterocycles. The van der Waals surface area contributed by atoms with E-state index >= 15 is 0 Å². The first-order valence-corrected chi connectivity index (χ1v) is 5.28. The molecule has 0 amide bonds. The summed E-state index contributed by atoms with van der Waals surface area (Å²) in [7, 11) is 0. The van der Waals surface area contributed by atoms with Crippen molar-refractivity contribution in [2.75, 3.05) is 13.1 Å². The van der Waals surface area contributed by atoms with E-state index in [1.807, 2.05) is 6.07 Å². The molecule has 0 spiro atoms. The molecule has 0 saturated carbocycles. The second-order valence-corrected chi connectivity index (χ2v) is 4.35. The van der Waals surface area contributed by atoms with Crippen molar-refractivity contribution in [3.05, 3.63) is 33.8 Å². The summed E-state index contributed by atoms with van der Waals surface area (Å²) in [6.07, 6.45) is -0.439. The molecule has 1 aromatic carbocycles. The van der Waals surface area contributed by atoms with Crippen molar-refractivity contribution in [3.8, 4) is 0 Å². The van der Waals surface area contributed by atoms with Gasteiger partial charge >= 0.3 is 0 Å². The van der Waals surface area contributed by atoms with Crippen LogP contribution in [0, 0.1) is 5.92 Å². The van der Waals surface area contributed by atoms with Crippen molar-refractivity contribution >= 4 is 23.2 Å². The molecule has 76 valence electrons. The molecule has 1 fully saturated rings. The van der Waals surface area contributed by atoms with Crippen LogP contribution in [0.1, 0.15) is 11.7 Å². The molecular formula is C10H11Cl2NO. The molecule has 0 unspecified atom stereocenters. The summed E-state index contributed by atoms with van der Waals surface area (Å²) in [5, 5.41) is 14.1. The van der Waals surface area contributed by atoms with Crippen molar-refractivity contribution in [1.29, 1.82) is 0 Å². The number of aliphatic hydroxyl groups is 1. The normalized spacial score (nSPS) is 19.1. The molecule has 1 atom stereocenters. The zero-order valence-electron chi connectivity index (χ0n) is 7.50. The van der Waals surface area contributed by atoms with Gasteiger partial charge in [0.05, 0.1) is 16.1 Å². The highest BCUT2D eigenvalue weighted by Gasteiger charge is 2.26. The fourth-order valence-electron chi connectivity index (χ4n) is 1.50. The Bertz CT molecular complexity index is 339. The zero-order chi connectivity index (χ0) is 10.1. The van der Waals surface area contributed by atoms with Crippen LogP contribution in [0.3, 0.4) is 0 Å². The van der Waals surface area contributed by atoms with Gasteiger partial charge in [-0.1, -0.05) is 29.3 Å². The predicted octanol–water partition coefficient (Wildman–Crippen LogP) is 2.25. The Labute approximate surface area is 92.8 Å². The van der Waals surface area contributed by atoms with Gasteiger partial charge in [-0.15, -0.1) is 0 Å². The van der Waals surface area contributed by atoms with Crippen LogP contribution in [0.15, 0.2) is 18.2 Å². The third-order valence-corrected chi connectivity index (χ3v) is 3.28. The lowest BCUT2D eigenvalue weighted by atomic mass is 9.91. The van der Waals surface area contributed by atoms with Crippen LogP contribution in [0.4, 0.5) is 0 Å². The van der Waals surface area contributed by atoms with Gasteiger partial charge < -0.3 is 10.4 Å². The monoisotopic (exact) mass is 231 g/mol. The third kappa shape index (κ3) is 1.89. The highest BCUT2D eigenvalue weighted by Crippen LogP contribution is 2.30. The van der Waals surface area contributed by atoms with Crippen LogP contribution in [0.5, 0.6) is 0 Å². The number of hydrogen-bond acceptors (Lipinski definition) is 2. The van der Waals surface area contributed by atoms with Gasteiger partial charge in [0.25, 0.3) is 0 Å². The van der Waals surface area contributed by atoms with E-state index in [0.717, 1.165) is 18.7 Å². The number of benzene rings is 1. The minimum atomic E-state index is -0.439. The van der Waals surface area contributed by atoms with E-state index < -0.39 is 6.10 Å². The summed E-state index contributed by atoms with van der Waals surface area (Å²) in [6, 6.07) is 5.26. The second-order valence-electron chi connectivity index (χ2n) is 3.54. The number of aliphatic hydroxyl groups excluding tert-OH is 1. The molecule has 0 bridgehead atoms. The smallest absolute Gasteiger partial charge is 0.0843 e. The number of hydrogen-bond donors (Lipinski definition) is 2. The lowest BCUT2D eigenvalue weighted by Crippen LogP contribution is -2.45. The van der Waals surface area contributed by atoms with Crippen LogP contribution in [0.2, 0.25) is 10.0 Å². The summed E-state index contributed by atoms with van der Waals surface area (Å²) in [5.74, 6) is 0.298. The first-order chi connectivity index (χ1) is 6.68. The second kappa shape index (κ2) is 4.07. The Morgan fingerprint density at radius 1 is 1.29 bits per heavy atom. The third-order valence-electron chi connectivity index (χ3n) is 2.54. The van der Waals surface area contributed by atoms with Crippen LogP contribution in [-0.4, -0.2) is 18.2 Å². The topological polar surface area (TPSA) is 32.3 Å². The van der Waals surface area contributed by atoms with E-state index in [2.05, 4.69) is 5.32 Å². The van der Waals surface area contributed by atoms with E-state index in [1.54, 1.807) is 12.1 Å². The lowest BCUT2D eigenvalue weighted by molar-refractivity contribution is 0.0767. The van der Waals surface area contributed by atoms with E-state index in [4.69, 9.17) is 23.2 Å². The average molecular weight is 232 g/mol. The molecule has 14 heavy (non-hydrogen) atoms. The molecule has 2 rings (SSSR count). The van der Waals surface area contributed by atoms with Crippen LogP contribution in [0.25, 0.3) is 0 Å². The Kier molecular flexibility index (Phi) is 2.98. The van der Waals surface area contributed by atoms with Gasteiger partial charge in [0.1, 0.15) is 0 Å². The van der Waals surface area contributed by atoms with Gasteiger partial charge in [-0.3, -0.25) is 0 Å². The maximum Gasteiger partial charge on any atom is 0.0843 e. The van der Waals surface area contributed by atoms with Crippen molar-refractivity contribution in [3.63, 3.8) is 0 Å². The summed E-state index contributed by atoms with van der Waals surface area (Å²) in [6.45, 7) is 1.73. The molecule has 1 saturated heterocycles. The lowest BCUT2D eigenvalue weighted by Gasteiger charge is -2.31. The SMILES string of the molecule is O[C@H](c1ccc(Cl)c(Cl)c1)C1CNC1. The first kappa shape index (κ1) is 10.2. The molecule has 0 radical (unpaired) electrons. The maximum absolute atomic E-state index is 9.91. The van der Waals surface area contributed by atoms with Gasteiger partial charge in [-0.2, -0.15) is 0 Å². The zero-order valence-corrected chi connectivity index (χ0v) is 9.02. The van der Waals surface area contributed by atoms with Crippen molar-refractivity contribution in [2.45, 2.75) is 6.10 Å². The van der Waals surface area contributed by atoms with Crippen molar-refractivity contribution in [2.24, 2.45) is 5.92 Å². The van der Waals surface area contributed by atoms with Gasteiger partial charge in [0.2, 0.25) is 0 Å². The fourth-order valence-corrected chi connectivity index (χ4v) is 1.81. The van der Waals surface area contributed by atoms with E-state index in [0.29, 0.717) is 16.0 Å². The van der Waals surface area contributed by atoms with E-state index in [-0.39, 0.29) is 0 Å². The van der Waals surface area contributed by atoms with Crippen molar-refractivity contribution in [1.82, 2.24) is 5.32 Å².